The molecule has 3 rings (SSSR count). The molecule has 1 aromatic carbocycles. The molecule has 25 heavy (non-hydrogen) atoms. The van der Waals surface area contributed by atoms with E-state index in [1.807, 2.05) is 30.0 Å². The van der Waals surface area contributed by atoms with E-state index in [0.29, 0.717) is 19.4 Å². The second-order valence-electron chi connectivity index (χ2n) is 7.72. The lowest BCUT2D eigenvalue weighted by molar-refractivity contribution is -0.141. The Bertz CT molecular complexity index is 593. The molecule has 0 bridgehead atoms. The zero-order chi connectivity index (χ0) is 17.7. The Kier molecular flexibility index (Phi) is 5.77. The number of rotatable bonds is 5. The van der Waals surface area contributed by atoms with Gasteiger partial charge in [0.1, 0.15) is 5.54 Å². The summed E-state index contributed by atoms with van der Waals surface area (Å²) in [6.07, 6.45) is 8.95. The molecule has 4 nitrogen and oxygen atoms in total. The Morgan fingerprint density at radius 1 is 1.16 bits per heavy atom. The molecule has 0 spiro atoms. The highest BCUT2D eigenvalue weighted by molar-refractivity contribution is 5.94. The summed E-state index contributed by atoms with van der Waals surface area (Å²) in [6.45, 7) is 2.55. The van der Waals surface area contributed by atoms with E-state index in [-0.39, 0.29) is 17.9 Å². The van der Waals surface area contributed by atoms with E-state index in [1.54, 1.807) is 0 Å². The minimum Gasteiger partial charge on any atom is -0.351 e. The van der Waals surface area contributed by atoms with Gasteiger partial charge in [0.25, 0.3) is 0 Å². The Morgan fingerprint density at radius 2 is 1.84 bits per heavy atom. The summed E-state index contributed by atoms with van der Waals surface area (Å²) in [5.41, 5.74) is 0.506. The Hall–Kier alpha value is -1.84. The fourth-order valence-corrected chi connectivity index (χ4v) is 4.15. The molecule has 2 amide bonds. The predicted molar refractivity (Wildman–Crippen MR) is 99.1 cm³/mol. The van der Waals surface area contributed by atoms with Crippen LogP contribution in [0.15, 0.2) is 30.3 Å². The SMILES string of the molecule is C[C@@]1(C(=O)NC2CCCCCC2)CCC(=O)N1CCc1ccccc1. The van der Waals surface area contributed by atoms with Gasteiger partial charge in [-0.05, 0) is 38.2 Å². The van der Waals surface area contributed by atoms with Crippen molar-refractivity contribution >= 4 is 11.8 Å². The van der Waals surface area contributed by atoms with Crippen LogP contribution in [0.3, 0.4) is 0 Å². The van der Waals surface area contributed by atoms with Crippen LogP contribution in [0.5, 0.6) is 0 Å². The summed E-state index contributed by atoms with van der Waals surface area (Å²) in [6, 6.07) is 10.4. The molecule has 0 unspecified atom stereocenters. The molecule has 0 radical (unpaired) electrons. The third kappa shape index (κ3) is 4.23. The smallest absolute Gasteiger partial charge is 0.245 e. The van der Waals surface area contributed by atoms with Crippen molar-refractivity contribution in [2.45, 2.75) is 76.3 Å². The standard InChI is InChI=1S/C21H30N2O2/c1-21(20(25)22-18-11-7-2-3-8-12-18)15-13-19(24)23(21)16-14-17-9-5-4-6-10-17/h4-6,9-10,18H,2-3,7-8,11-16H2,1H3,(H,22,25)/t21-/m0/s1. The van der Waals surface area contributed by atoms with Gasteiger partial charge in [0, 0.05) is 19.0 Å². The van der Waals surface area contributed by atoms with Crippen LogP contribution in [0.1, 0.15) is 63.9 Å². The molecule has 1 aliphatic carbocycles. The average Bonchev–Trinajstić information content (AvgIpc) is 2.80. The van der Waals surface area contributed by atoms with Crippen molar-refractivity contribution < 1.29 is 9.59 Å². The largest absolute Gasteiger partial charge is 0.351 e. The van der Waals surface area contributed by atoms with Crippen LogP contribution in [0.2, 0.25) is 0 Å². The van der Waals surface area contributed by atoms with Gasteiger partial charge >= 0.3 is 0 Å². The highest BCUT2D eigenvalue weighted by Crippen LogP contribution is 2.31. The van der Waals surface area contributed by atoms with Gasteiger partial charge in [0.2, 0.25) is 11.8 Å². The first-order chi connectivity index (χ1) is 12.1. The van der Waals surface area contributed by atoms with Crippen molar-refractivity contribution in [3.05, 3.63) is 35.9 Å². The fraction of sp³-hybridized carbons (Fsp3) is 0.619. The second-order valence-corrected chi connectivity index (χ2v) is 7.72. The molecule has 2 fully saturated rings. The molecule has 1 saturated heterocycles. The van der Waals surface area contributed by atoms with Crippen molar-refractivity contribution in [1.29, 1.82) is 0 Å². The maximum absolute atomic E-state index is 13.0. The van der Waals surface area contributed by atoms with Crippen LogP contribution in [-0.4, -0.2) is 34.8 Å². The molecule has 1 aromatic rings. The van der Waals surface area contributed by atoms with Gasteiger partial charge in [-0.3, -0.25) is 9.59 Å². The number of hydrogen-bond acceptors (Lipinski definition) is 2. The number of nitrogens with zero attached hydrogens (tertiary/aromatic N) is 1. The molecule has 1 aliphatic heterocycles. The molecule has 4 heteroatoms. The Balaban J connectivity index is 1.64. The van der Waals surface area contributed by atoms with E-state index in [1.165, 1.54) is 31.2 Å². The van der Waals surface area contributed by atoms with E-state index in [0.717, 1.165) is 19.3 Å². The van der Waals surface area contributed by atoms with Gasteiger partial charge in [-0.15, -0.1) is 0 Å². The summed E-state index contributed by atoms with van der Waals surface area (Å²) in [4.78, 5) is 27.2. The molecule has 1 N–H and O–H groups in total. The van der Waals surface area contributed by atoms with Crippen LogP contribution >= 0.6 is 0 Å². The summed E-state index contributed by atoms with van der Waals surface area (Å²) >= 11 is 0. The minimum atomic E-state index is -0.696. The highest BCUT2D eigenvalue weighted by Gasteiger charge is 2.47. The third-order valence-corrected chi connectivity index (χ3v) is 5.87. The topological polar surface area (TPSA) is 49.4 Å². The van der Waals surface area contributed by atoms with Crippen LogP contribution in [0.4, 0.5) is 0 Å². The van der Waals surface area contributed by atoms with Gasteiger partial charge in [-0.1, -0.05) is 56.0 Å². The Morgan fingerprint density at radius 3 is 2.52 bits per heavy atom. The molecule has 2 aliphatic rings. The quantitative estimate of drug-likeness (QED) is 0.833. The lowest BCUT2D eigenvalue weighted by Crippen LogP contribution is -2.56. The van der Waals surface area contributed by atoms with Crippen molar-refractivity contribution in [3.8, 4) is 0 Å². The number of likely N-dealkylation sites (tertiary alicyclic amines) is 1. The van der Waals surface area contributed by atoms with Crippen molar-refractivity contribution in [3.63, 3.8) is 0 Å². The minimum absolute atomic E-state index is 0.0401. The molecular formula is C21H30N2O2. The van der Waals surface area contributed by atoms with E-state index >= 15 is 0 Å². The molecule has 1 heterocycles. The van der Waals surface area contributed by atoms with Crippen LogP contribution in [-0.2, 0) is 16.0 Å². The van der Waals surface area contributed by atoms with E-state index < -0.39 is 5.54 Å². The van der Waals surface area contributed by atoms with Gasteiger partial charge in [-0.2, -0.15) is 0 Å². The fourth-order valence-electron chi connectivity index (χ4n) is 4.15. The first-order valence-corrected chi connectivity index (χ1v) is 9.75. The van der Waals surface area contributed by atoms with Gasteiger partial charge < -0.3 is 10.2 Å². The maximum atomic E-state index is 13.0. The monoisotopic (exact) mass is 342 g/mol. The molecule has 136 valence electrons. The molecule has 1 saturated carbocycles. The first kappa shape index (κ1) is 18.0. The summed E-state index contributed by atoms with van der Waals surface area (Å²) in [7, 11) is 0. The zero-order valence-electron chi connectivity index (χ0n) is 15.3. The van der Waals surface area contributed by atoms with E-state index in [4.69, 9.17) is 0 Å². The molecule has 0 aromatic heterocycles. The second kappa shape index (κ2) is 8.03. The van der Waals surface area contributed by atoms with Crippen LogP contribution in [0, 0.1) is 0 Å². The van der Waals surface area contributed by atoms with Gasteiger partial charge in [0.05, 0.1) is 0 Å². The third-order valence-electron chi connectivity index (χ3n) is 5.87. The number of hydrogen-bond donors (Lipinski definition) is 1. The van der Waals surface area contributed by atoms with E-state index in [2.05, 4.69) is 17.4 Å². The van der Waals surface area contributed by atoms with E-state index in [9.17, 15) is 9.59 Å². The first-order valence-electron chi connectivity index (χ1n) is 9.75. The van der Waals surface area contributed by atoms with Crippen molar-refractivity contribution in [2.24, 2.45) is 0 Å². The highest BCUT2D eigenvalue weighted by atomic mass is 16.2. The number of benzene rings is 1. The number of carbonyl (C=O) groups excluding carboxylic acids is 2. The van der Waals surface area contributed by atoms with Crippen molar-refractivity contribution in [2.75, 3.05) is 6.54 Å². The molecular weight excluding hydrogens is 312 g/mol. The zero-order valence-corrected chi connectivity index (χ0v) is 15.3. The Labute approximate surface area is 151 Å². The summed E-state index contributed by atoms with van der Waals surface area (Å²) in [5.74, 6) is 0.146. The van der Waals surface area contributed by atoms with Gasteiger partial charge in [-0.25, -0.2) is 0 Å². The van der Waals surface area contributed by atoms with Gasteiger partial charge in [0.15, 0.2) is 0 Å². The summed E-state index contributed by atoms with van der Waals surface area (Å²) in [5, 5.41) is 3.26. The lowest BCUT2D eigenvalue weighted by atomic mass is 9.96. The van der Waals surface area contributed by atoms with Crippen molar-refractivity contribution in [1.82, 2.24) is 10.2 Å². The normalized spacial score (nSPS) is 25.0. The number of nitrogens with one attached hydrogen (secondary N) is 1. The lowest BCUT2D eigenvalue weighted by Gasteiger charge is -2.35. The van der Waals surface area contributed by atoms with Crippen LogP contribution < -0.4 is 5.32 Å². The predicted octanol–water partition coefficient (Wildman–Crippen LogP) is 3.45. The number of carbonyl (C=O) groups is 2. The summed E-state index contributed by atoms with van der Waals surface area (Å²) < 4.78 is 0. The maximum Gasteiger partial charge on any atom is 0.245 e. The molecule has 1 atom stereocenters. The number of amides is 2. The average molecular weight is 342 g/mol. The van der Waals surface area contributed by atoms with Crippen LogP contribution in [0.25, 0.3) is 0 Å².